The molecule has 0 fully saturated rings. The molecule has 4 nitrogen and oxygen atoms in total. The Labute approximate surface area is 163 Å². The molecule has 4 heteroatoms. The summed E-state index contributed by atoms with van der Waals surface area (Å²) < 4.78 is 7.61. The minimum absolute atomic E-state index is 0.764. The number of para-hydroxylation sites is 1. The van der Waals surface area contributed by atoms with E-state index in [1.165, 1.54) is 28.6 Å². The Morgan fingerprint density at radius 1 is 0.821 bits per heavy atom. The zero-order chi connectivity index (χ0) is 19.1. The third kappa shape index (κ3) is 2.62. The van der Waals surface area contributed by atoms with Gasteiger partial charge in [0.25, 0.3) is 0 Å². The predicted molar refractivity (Wildman–Crippen MR) is 111 cm³/mol. The predicted octanol–water partition coefficient (Wildman–Crippen LogP) is 5.96. The number of fused-ring (bicyclic) bond motifs is 1. The molecule has 0 unspecified atom stereocenters. The smallest absolute Gasteiger partial charge is 0.182 e. The quantitative estimate of drug-likeness (QED) is 0.396. The van der Waals surface area contributed by atoms with Gasteiger partial charge in [-0.3, -0.25) is 4.57 Å². The van der Waals surface area contributed by atoms with E-state index in [-0.39, 0.29) is 0 Å². The van der Waals surface area contributed by atoms with E-state index in [1.807, 2.05) is 36.7 Å². The average molecular weight is 365 g/mol. The van der Waals surface area contributed by atoms with Crippen LogP contribution in [0, 0.1) is 13.8 Å². The Bertz CT molecular complexity index is 1260. The van der Waals surface area contributed by atoms with Gasteiger partial charge in [-0.15, -0.1) is 0 Å². The third-order valence-corrected chi connectivity index (χ3v) is 5.08. The molecule has 136 valence electrons. The monoisotopic (exact) mass is 365 g/mol. The molecule has 0 saturated heterocycles. The van der Waals surface area contributed by atoms with Gasteiger partial charge < -0.3 is 4.42 Å². The van der Waals surface area contributed by atoms with E-state index < -0.39 is 0 Å². The molecule has 0 N–H and O–H groups in total. The van der Waals surface area contributed by atoms with Crippen LogP contribution in [0.5, 0.6) is 0 Å². The fourth-order valence-corrected chi connectivity index (χ4v) is 3.88. The molecule has 0 radical (unpaired) electrons. The molecule has 0 atom stereocenters. The summed E-state index contributed by atoms with van der Waals surface area (Å²) in [6.45, 7) is 4.30. The van der Waals surface area contributed by atoms with Crippen molar-refractivity contribution in [1.82, 2.24) is 14.5 Å². The van der Waals surface area contributed by atoms with Gasteiger partial charge in [-0.05, 0) is 60.4 Å². The minimum atomic E-state index is 0.764. The number of rotatable bonds is 3. The Kier molecular flexibility index (Phi) is 3.83. The molecular weight excluding hydrogens is 346 g/mol. The van der Waals surface area contributed by atoms with Gasteiger partial charge in [-0.25, -0.2) is 9.97 Å². The van der Waals surface area contributed by atoms with Crippen LogP contribution in [-0.4, -0.2) is 14.5 Å². The largest absolute Gasteiger partial charge is 0.443 e. The first kappa shape index (κ1) is 16.5. The van der Waals surface area contributed by atoms with Crippen molar-refractivity contribution < 1.29 is 4.42 Å². The van der Waals surface area contributed by atoms with Crippen molar-refractivity contribution >= 4 is 11.1 Å². The van der Waals surface area contributed by atoms with Gasteiger partial charge in [0.1, 0.15) is 11.3 Å². The number of hydrogen-bond acceptors (Lipinski definition) is 3. The lowest BCUT2D eigenvalue weighted by atomic mass is 9.98. The van der Waals surface area contributed by atoms with Crippen molar-refractivity contribution in [2.45, 2.75) is 13.8 Å². The Morgan fingerprint density at radius 3 is 2.39 bits per heavy atom. The first-order chi connectivity index (χ1) is 13.7. The van der Waals surface area contributed by atoms with Gasteiger partial charge in [0, 0.05) is 18.0 Å². The van der Waals surface area contributed by atoms with Crippen LogP contribution in [0.4, 0.5) is 0 Å². The summed E-state index contributed by atoms with van der Waals surface area (Å²) in [6, 6.07) is 20.9. The van der Waals surface area contributed by atoms with E-state index in [0.29, 0.717) is 0 Å². The summed E-state index contributed by atoms with van der Waals surface area (Å²) in [7, 11) is 0. The summed E-state index contributed by atoms with van der Waals surface area (Å²) in [4.78, 5) is 9.02. The first-order valence-corrected chi connectivity index (χ1v) is 9.25. The van der Waals surface area contributed by atoms with Crippen LogP contribution in [0.15, 0.2) is 83.9 Å². The van der Waals surface area contributed by atoms with Gasteiger partial charge in [-0.1, -0.05) is 36.4 Å². The fourth-order valence-electron chi connectivity index (χ4n) is 3.88. The molecule has 0 spiro atoms. The highest BCUT2D eigenvalue weighted by Gasteiger charge is 2.16. The molecule has 0 amide bonds. The Morgan fingerprint density at radius 2 is 1.61 bits per heavy atom. The highest BCUT2D eigenvalue weighted by Crippen LogP contribution is 2.32. The molecule has 5 aromatic rings. The maximum atomic E-state index is 5.47. The van der Waals surface area contributed by atoms with Gasteiger partial charge in [0.15, 0.2) is 12.0 Å². The zero-order valence-electron chi connectivity index (χ0n) is 15.8. The standard InChI is InChI=1S/C24H19N3O/c1-16-13-19(18-7-4-3-5-8-18)14-17(2)23(16)27-12-11-25-24(27)20-9-6-10-21-22(20)26-15-28-21/h3-15H,1-2H3. The summed E-state index contributed by atoms with van der Waals surface area (Å²) in [6.07, 6.45) is 5.32. The summed E-state index contributed by atoms with van der Waals surface area (Å²) in [5.74, 6) is 0.859. The van der Waals surface area contributed by atoms with Crippen molar-refractivity contribution in [3.8, 4) is 28.2 Å². The topological polar surface area (TPSA) is 43.9 Å². The van der Waals surface area contributed by atoms with Crippen molar-refractivity contribution in [3.05, 3.63) is 90.6 Å². The molecule has 0 saturated carbocycles. The lowest BCUT2D eigenvalue weighted by Gasteiger charge is -2.16. The molecule has 0 bridgehead atoms. The summed E-state index contributed by atoms with van der Waals surface area (Å²) >= 11 is 0. The molecule has 2 aromatic heterocycles. The maximum absolute atomic E-state index is 5.47. The Hall–Kier alpha value is -3.66. The molecule has 5 rings (SSSR count). The second-order valence-electron chi connectivity index (χ2n) is 6.95. The van der Waals surface area contributed by atoms with Crippen LogP contribution in [0.25, 0.3) is 39.3 Å². The molecule has 0 aliphatic heterocycles. The number of aromatic nitrogens is 3. The normalized spacial score (nSPS) is 11.2. The van der Waals surface area contributed by atoms with Crippen LogP contribution < -0.4 is 0 Å². The van der Waals surface area contributed by atoms with Gasteiger partial charge >= 0.3 is 0 Å². The van der Waals surface area contributed by atoms with E-state index in [0.717, 1.165) is 28.2 Å². The lowest BCUT2D eigenvalue weighted by molar-refractivity contribution is 0.602. The second kappa shape index (κ2) is 6.50. The van der Waals surface area contributed by atoms with E-state index in [9.17, 15) is 0 Å². The molecule has 2 heterocycles. The maximum Gasteiger partial charge on any atom is 0.182 e. The van der Waals surface area contributed by atoms with Crippen LogP contribution in [-0.2, 0) is 0 Å². The lowest BCUT2D eigenvalue weighted by Crippen LogP contribution is -2.02. The molecular formula is C24H19N3O. The molecule has 0 aliphatic rings. The highest BCUT2D eigenvalue weighted by molar-refractivity contribution is 5.89. The number of benzene rings is 3. The number of hydrogen-bond donors (Lipinski definition) is 0. The number of nitrogens with zero attached hydrogens (tertiary/aromatic N) is 3. The summed E-state index contributed by atoms with van der Waals surface area (Å²) in [5.41, 5.74) is 8.54. The SMILES string of the molecule is Cc1cc(-c2ccccc2)cc(C)c1-n1ccnc1-c1cccc2ocnc12. The molecule has 0 aliphatic carbocycles. The van der Waals surface area contributed by atoms with Crippen molar-refractivity contribution in [2.75, 3.05) is 0 Å². The summed E-state index contributed by atoms with van der Waals surface area (Å²) in [5, 5.41) is 0. The fraction of sp³-hybridized carbons (Fsp3) is 0.0833. The minimum Gasteiger partial charge on any atom is -0.443 e. The van der Waals surface area contributed by atoms with Crippen molar-refractivity contribution in [2.24, 2.45) is 0 Å². The molecule has 28 heavy (non-hydrogen) atoms. The second-order valence-corrected chi connectivity index (χ2v) is 6.95. The first-order valence-electron chi connectivity index (χ1n) is 9.25. The number of imidazole rings is 1. The van der Waals surface area contributed by atoms with E-state index in [1.54, 1.807) is 0 Å². The Balaban J connectivity index is 1.68. The number of aryl methyl sites for hydroxylation is 2. The van der Waals surface area contributed by atoms with Crippen LogP contribution in [0.3, 0.4) is 0 Å². The van der Waals surface area contributed by atoms with Crippen LogP contribution in [0.1, 0.15) is 11.1 Å². The van der Waals surface area contributed by atoms with Gasteiger partial charge in [0.2, 0.25) is 0 Å². The highest BCUT2D eigenvalue weighted by atomic mass is 16.3. The van der Waals surface area contributed by atoms with Crippen molar-refractivity contribution in [3.63, 3.8) is 0 Å². The van der Waals surface area contributed by atoms with E-state index in [4.69, 9.17) is 4.42 Å². The zero-order valence-corrected chi connectivity index (χ0v) is 15.8. The van der Waals surface area contributed by atoms with Crippen LogP contribution in [0.2, 0.25) is 0 Å². The van der Waals surface area contributed by atoms with Crippen LogP contribution >= 0.6 is 0 Å². The van der Waals surface area contributed by atoms with E-state index >= 15 is 0 Å². The van der Waals surface area contributed by atoms with Crippen molar-refractivity contribution in [1.29, 1.82) is 0 Å². The third-order valence-electron chi connectivity index (χ3n) is 5.08. The number of oxazole rings is 1. The molecule has 3 aromatic carbocycles. The van der Waals surface area contributed by atoms with E-state index in [2.05, 4.69) is 64.8 Å². The van der Waals surface area contributed by atoms with Gasteiger partial charge in [0.05, 0.1) is 5.69 Å². The van der Waals surface area contributed by atoms with Gasteiger partial charge in [-0.2, -0.15) is 0 Å². The average Bonchev–Trinajstić information content (AvgIpc) is 3.37.